The molecule has 0 aliphatic heterocycles. The van der Waals surface area contributed by atoms with Crippen LogP contribution in [0.5, 0.6) is 11.5 Å². The smallest absolute Gasteiger partial charge is 0.274 e. The largest absolute Gasteiger partial charge is 0.493 e. The molecule has 0 saturated carbocycles. The zero-order chi connectivity index (χ0) is 22.4. The van der Waals surface area contributed by atoms with Crippen LogP contribution in [0, 0.1) is 3.57 Å². The van der Waals surface area contributed by atoms with Gasteiger partial charge in [0.05, 0.1) is 32.5 Å². The first-order chi connectivity index (χ1) is 14.9. The molecule has 1 N–H and O–H groups in total. The van der Waals surface area contributed by atoms with E-state index in [1.807, 2.05) is 12.1 Å². The molecule has 0 atom stereocenters. The van der Waals surface area contributed by atoms with Gasteiger partial charge in [-0.2, -0.15) is 5.10 Å². The van der Waals surface area contributed by atoms with Gasteiger partial charge in [0, 0.05) is 6.20 Å². The van der Waals surface area contributed by atoms with Crippen molar-refractivity contribution in [2.45, 2.75) is 6.61 Å². The molecule has 0 unspecified atom stereocenters. The third kappa shape index (κ3) is 6.22. The van der Waals surface area contributed by atoms with Crippen molar-refractivity contribution in [1.82, 2.24) is 10.4 Å². The fourth-order valence-electron chi connectivity index (χ4n) is 2.52. The van der Waals surface area contributed by atoms with Crippen molar-refractivity contribution < 1.29 is 14.3 Å². The van der Waals surface area contributed by atoms with Crippen LogP contribution in [0.2, 0.25) is 15.2 Å². The number of nitrogens with zero attached hydrogens (tertiary/aromatic N) is 2. The van der Waals surface area contributed by atoms with Gasteiger partial charge in [0.25, 0.3) is 5.91 Å². The monoisotopic (exact) mass is 589 g/mol. The minimum absolute atomic E-state index is 0.106. The number of aromatic nitrogens is 1. The zero-order valence-electron chi connectivity index (χ0n) is 16.0. The minimum Gasteiger partial charge on any atom is -0.493 e. The SMILES string of the molecule is COc1cc(C=NNC(=O)c2cccnc2Cl)cc(I)c1OCc1ccc(Cl)c(Cl)c1. The first kappa shape index (κ1) is 23.6. The standard InChI is InChI=1S/C21H15Cl3IN3O3/c1-30-18-9-13(10-27-28-21(29)14-3-2-6-26-20(14)24)8-17(25)19(18)31-11-12-4-5-15(22)16(23)7-12/h2-10H,11H2,1H3,(H,28,29). The van der Waals surface area contributed by atoms with E-state index in [1.165, 1.54) is 12.4 Å². The molecule has 0 bridgehead atoms. The molecule has 2 aromatic carbocycles. The Morgan fingerprint density at radius 1 is 1.19 bits per heavy atom. The number of pyridine rings is 1. The number of ether oxygens (including phenoxy) is 2. The van der Waals surface area contributed by atoms with Crippen LogP contribution in [0.1, 0.15) is 21.5 Å². The Hall–Kier alpha value is -2.07. The van der Waals surface area contributed by atoms with Gasteiger partial charge in [0.2, 0.25) is 0 Å². The summed E-state index contributed by atoms with van der Waals surface area (Å²) in [5, 5.41) is 5.03. The average Bonchev–Trinajstić information content (AvgIpc) is 2.75. The Morgan fingerprint density at radius 2 is 2.00 bits per heavy atom. The Balaban J connectivity index is 1.71. The topological polar surface area (TPSA) is 72.8 Å². The average molecular weight is 591 g/mol. The number of rotatable bonds is 7. The van der Waals surface area contributed by atoms with Crippen LogP contribution in [0.3, 0.4) is 0 Å². The number of carbonyl (C=O) groups is 1. The van der Waals surface area contributed by atoms with Gasteiger partial charge in [0.1, 0.15) is 11.8 Å². The Kier molecular flexibility index (Phi) is 8.36. The van der Waals surface area contributed by atoms with E-state index in [4.69, 9.17) is 44.3 Å². The van der Waals surface area contributed by atoms with Crippen molar-refractivity contribution in [2.75, 3.05) is 7.11 Å². The maximum absolute atomic E-state index is 12.2. The quantitative estimate of drug-likeness (QED) is 0.159. The molecular formula is C21H15Cl3IN3O3. The van der Waals surface area contributed by atoms with Gasteiger partial charge in [-0.1, -0.05) is 40.9 Å². The molecule has 160 valence electrons. The zero-order valence-corrected chi connectivity index (χ0v) is 20.5. The number of halogens is 4. The first-order valence-corrected chi connectivity index (χ1v) is 11.0. The van der Waals surface area contributed by atoms with Crippen molar-refractivity contribution in [1.29, 1.82) is 0 Å². The van der Waals surface area contributed by atoms with E-state index < -0.39 is 5.91 Å². The fraction of sp³-hybridized carbons (Fsp3) is 0.0952. The lowest BCUT2D eigenvalue weighted by Crippen LogP contribution is -2.18. The Morgan fingerprint density at radius 3 is 2.71 bits per heavy atom. The van der Waals surface area contributed by atoms with E-state index in [1.54, 1.807) is 37.4 Å². The first-order valence-electron chi connectivity index (χ1n) is 8.77. The summed E-state index contributed by atoms with van der Waals surface area (Å²) in [7, 11) is 1.55. The van der Waals surface area contributed by atoms with Gasteiger partial charge in [-0.25, -0.2) is 10.4 Å². The van der Waals surface area contributed by atoms with Crippen LogP contribution in [0.15, 0.2) is 53.8 Å². The van der Waals surface area contributed by atoms with Crippen LogP contribution < -0.4 is 14.9 Å². The molecule has 3 aromatic rings. The van der Waals surface area contributed by atoms with Crippen LogP contribution >= 0.6 is 57.4 Å². The summed E-state index contributed by atoms with van der Waals surface area (Å²) in [5.74, 6) is 0.644. The summed E-state index contributed by atoms with van der Waals surface area (Å²) < 4.78 is 12.2. The number of hydrogen-bond acceptors (Lipinski definition) is 5. The molecular weight excluding hydrogens is 576 g/mol. The predicted molar refractivity (Wildman–Crippen MR) is 131 cm³/mol. The molecule has 3 rings (SSSR count). The molecule has 31 heavy (non-hydrogen) atoms. The second-order valence-corrected chi connectivity index (χ2v) is 8.45. The van der Waals surface area contributed by atoms with Crippen molar-refractivity contribution >= 4 is 69.5 Å². The molecule has 1 aromatic heterocycles. The van der Waals surface area contributed by atoms with Crippen molar-refractivity contribution in [3.05, 3.63) is 84.1 Å². The van der Waals surface area contributed by atoms with E-state index in [-0.39, 0.29) is 10.7 Å². The van der Waals surface area contributed by atoms with E-state index in [0.717, 1.165) is 9.13 Å². The van der Waals surface area contributed by atoms with Gasteiger partial charge in [-0.15, -0.1) is 0 Å². The number of carbonyl (C=O) groups excluding carboxylic acids is 1. The van der Waals surface area contributed by atoms with Crippen LogP contribution in [-0.2, 0) is 6.61 Å². The molecule has 0 spiro atoms. The van der Waals surface area contributed by atoms with E-state index in [9.17, 15) is 4.79 Å². The molecule has 0 fully saturated rings. The highest BCUT2D eigenvalue weighted by Crippen LogP contribution is 2.34. The van der Waals surface area contributed by atoms with Gasteiger partial charge < -0.3 is 9.47 Å². The van der Waals surface area contributed by atoms with Crippen LogP contribution in [0.4, 0.5) is 0 Å². The summed E-state index contributed by atoms with van der Waals surface area (Å²) in [6.45, 7) is 0.290. The summed E-state index contributed by atoms with van der Waals surface area (Å²) >= 11 is 20.1. The molecule has 0 aliphatic rings. The van der Waals surface area contributed by atoms with Crippen molar-refractivity contribution in [2.24, 2.45) is 5.10 Å². The lowest BCUT2D eigenvalue weighted by atomic mass is 10.2. The number of nitrogens with one attached hydrogen (secondary N) is 1. The maximum Gasteiger partial charge on any atom is 0.274 e. The molecule has 0 aliphatic carbocycles. The highest BCUT2D eigenvalue weighted by Gasteiger charge is 2.13. The lowest BCUT2D eigenvalue weighted by molar-refractivity contribution is 0.0955. The third-order valence-corrected chi connectivity index (χ3v) is 5.84. The van der Waals surface area contributed by atoms with Gasteiger partial charge in [-0.05, 0) is 70.1 Å². The summed E-state index contributed by atoms with van der Waals surface area (Å²) in [4.78, 5) is 16.0. The fourth-order valence-corrected chi connectivity index (χ4v) is 3.83. The molecule has 6 nitrogen and oxygen atoms in total. The van der Waals surface area contributed by atoms with Crippen molar-refractivity contribution in [3.8, 4) is 11.5 Å². The second kappa shape index (κ2) is 11.0. The summed E-state index contributed by atoms with van der Waals surface area (Å²) in [6, 6.07) is 12.1. The number of methoxy groups -OCH3 is 1. The maximum atomic E-state index is 12.2. The van der Waals surface area contributed by atoms with E-state index >= 15 is 0 Å². The molecule has 0 saturated heterocycles. The van der Waals surface area contributed by atoms with E-state index in [0.29, 0.717) is 33.7 Å². The number of hydrazone groups is 1. The molecule has 1 heterocycles. The number of benzene rings is 2. The summed E-state index contributed by atoms with van der Waals surface area (Å²) in [5.41, 5.74) is 4.24. The van der Waals surface area contributed by atoms with Gasteiger partial charge in [-0.3, -0.25) is 4.79 Å². The molecule has 10 heteroatoms. The molecule has 0 radical (unpaired) electrons. The predicted octanol–water partition coefficient (Wildman–Crippen LogP) is 6.00. The highest BCUT2D eigenvalue weighted by molar-refractivity contribution is 14.1. The van der Waals surface area contributed by atoms with Crippen LogP contribution in [0.25, 0.3) is 0 Å². The van der Waals surface area contributed by atoms with Crippen LogP contribution in [-0.4, -0.2) is 24.2 Å². The third-order valence-electron chi connectivity index (χ3n) is 4.00. The van der Waals surface area contributed by atoms with Crippen molar-refractivity contribution in [3.63, 3.8) is 0 Å². The Labute approximate surface area is 207 Å². The minimum atomic E-state index is -0.461. The van der Waals surface area contributed by atoms with Gasteiger partial charge >= 0.3 is 0 Å². The second-order valence-electron chi connectivity index (χ2n) is 6.11. The Bertz CT molecular complexity index is 1140. The number of hydrogen-bond donors (Lipinski definition) is 1. The normalized spacial score (nSPS) is 10.9. The highest BCUT2D eigenvalue weighted by atomic mass is 127. The van der Waals surface area contributed by atoms with E-state index in [2.05, 4.69) is 38.1 Å². The number of amides is 1. The summed E-state index contributed by atoms with van der Waals surface area (Å²) in [6.07, 6.45) is 3.00. The molecule has 1 amide bonds. The van der Waals surface area contributed by atoms with Gasteiger partial charge in [0.15, 0.2) is 11.5 Å². The lowest BCUT2D eigenvalue weighted by Gasteiger charge is -2.14.